The monoisotopic (exact) mass is 224 g/mol. The van der Waals surface area contributed by atoms with E-state index in [1.54, 1.807) is 0 Å². The van der Waals surface area contributed by atoms with Gasteiger partial charge in [-0.05, 0) is 18.2 Å². The maximum Gasteiger partial charge on any atom is 0.316 e. The minimum Gasteiger partial charge on any atom is -0.507 e. The molecule has 7 nitrogen and oxygen atoms in total. The SMILES string of the molecule is CONC(=O)c1cc(C(=O)N=O)ccc1O. The lowest BCUT2D eigenvalue weighted by Crippen LogP contribution is -2.22. The molecule has 1 aromatic carbocycles. The van der Waals surface area contributed by atoms with Crippen LogP contribution < -0.4 is 5.48 Å². The average molecular weight is 224 g/mol. The van der Waals surface area contributed by atoms with Crippen molar-refractivity contribution in [2.24, 2.45) is 5.18 Å². The number of carbonyl (C=O) groups excluding carboxylic acids is 2. The van der Waals surface area contributed by atoms with Crippen molar-refractivity contribution in [2.75, 3.05) is 7.11 Å². The molecule has 0 atom stereocenters. The normalized spacial score (nSPS) is 9.56. The molecule has 2 amide bonds. The summed E-state index contributed by atoms with van der Waals surface area (Å²) in [6, 6.07) is 3.35. The van der Waals surface area contributed by atoms with Crippen LogP contribution in [0.1, 0.15) is 20.7 Å². The molecule has 0 unspecified atom stereocenters. The number of nitroso groups, excluding NO2 is 1. The van der Waals surface area contributed by atoms with Crippen molar-refractivity contribution < 1.29 is 19.5 Å². The lowest BCUT2D eigenvalue weighted by atomic mass is 10.1. The van der Waals surface area contributed by atoms with Crippen molar-refractivity contribution >= 4 is 11.8 Å². The topological polar surface area (TPSA) is 105 Å². The van der Waals surface area contributed by atoms with Gasteiger partial charge in [-0.25, -0.2) is 5.48 Å². The zero-order valence-electron chi connectivity index (χ0n) is 8.26. The van der Waals surface area contributed by atoms with Crippen LogP contribution in [-0.4, -0.2) is 24.0 Å². The quantitative estimate of drug-likeness (QED) is 0.577. The lowest BCUT2D eigenvalue weighted by molar-refractivity contribution is 0.0535. The predicted octanol–water partition coefficient (Wildman–Crippen LogP) is 0.590. The van der Waals surface area contributed by atoms with Crippen molar-refractivity contribution in [2.45, 2.75) is 0 Å². The third-order valence-corrected chi connectivity index (χ3v) is 1.77. The molecule has 16 heavy (non-hydrogen) atoms. The van der Waals surface area contributed by atoms with Crippen molar-refractivity contribution in [3.05, 3.63) is 34.2 Å². The fourth-order valence-electron chi connectivity index (χ4n) is 1.05. The Morgan fingerprint density at radius 1 is 1.44 bits per heavy atom. The summed E-state index contributed by atoms with van der Waals surface area (Å²) >= 11 is 0. The van der Waals surface area contributed by atoms with Gasteiger partial charge in [0.25, 0.3) is 5.91 Å². The summed E-state index contributed by atoms with van der Waals surface area (Å²) in [6.45, 7) is 0. The lowest BCUT2D eigenvalue weighted by Gasteiger charge is -2.05. The summed E-state index contributed by atoms with van der Waals surface area (Å²) in [5.41, 5.74) is 1.70. The van der Waals surface area contributed by atoms with Gasteiger partial charge in [0.1, 0.15) is 5.75 Å². The molecule has 0 aliphatic carbocycles. The van der Waals surface area contributed by atoms with E-state index in [1.807, 2.05) is 5.48 Å². The highest BCUT2D eigenvalue weighted by Gasteiger charge is 2.14. The number of hydrogen-bond donors (Lipinski definition) is 2. The molecule has 0 aliphatic rings. The number of aromatic hydroxyl groups is 1. The Labute approximate surface area is 90.0 Å². The van der Waals surface area contributed by atoms with Crippen LogP contribution >= 0.6 is 0 Å². The van der Waals surface area contributed by atoms with Crippen molar-refractivity contribution in [1.29, 1.82) is 0 Å². The van der Waals surface area contributed by atoms with Crippen LogP contribution in [0, 0.1) is 4.91 Å². The largest absolute Gasteiger partial charge is 0.507 e. The molecule has 1 rings (SSSR count). The zero-order chi connectivity index (χ0) is 12.1. The molecule has 0 saturated carbocycles. The van der Waals surface area contributed by atoms with Gasteiger partial charge in [-0.3, -0.25) is 14.4 Å². The van der Waals surface area contributed by atoms with E-state index >= 15 is 0 Å². The van der Waals surface area contributed by atoms with Crippen LogP contribution in [0.2, 0.25) is 0 Å². The van der Waals surface area contributed by atoms with E-state index in [1.165, 1.54) is 13.2 Å². The molecule has 0 aromatic heterocycles. The van der Waals surface area contributed by atoms with Crippen molar-refractivity contribution in [3.63, 3.8) is 0 Å². The van der Waals surface area contributed by atoms with Gasteiger partial charge in [0.15, 0.2) is 0 Å². The number of phenols is 1. The van der Waals surface area contributed by atoms with E-state index < -0.39 is 11.8 Å². The third-order valence-electron chi connectivity index (χ3n) is 1.77. The molecular weight excluding hydrogens is 216 g/mol. The van der Waals surface area contributed by atoms with Crippen LogP contribution in [0.5, 0.6) is 5.75 Å². The molecule has 0 saturated heterocycles. The minimum absolute atomic E-state index is 0.0888. The van der Waals surface area contributed by atoms with Crippen LogP contribution in [-0.2, 0) is 4.84 Å². The summed E-state index contributed by atoms with van der Waals surface area (Å²) < 4.78 is 0. The molecule has 0 spiro atoms. The molecule has 7 heteroatoms. The summed E-state index contributed by atoms with van der Waals surface area (Å²) in [6.07, 6.45) is 0. The van der Waals surface area contributed by atoms with Gasteiger partial charge >= 0.3 is 5.91 Å². The molecule has 0 heterocycles. The second-order valence-electron chi connectivity index (χ2n) is 2.76. The standard InChI is InChI=1S/C9H8N2O5/c1-16-11-9(14)6-4-5(8(13)10-15)2-3-7(6)12/h2-4,12H,1H3,(H,11,14). The zero-order valence-corrected chi connectivity index (χ0v) is 8.26. The molecule has 0 fully saturated rings. The number of nitrogens with zero attached hydrogens (tertiary/aromatic N) is 1. The van der Waals surface area contributed by atoms with Gasteiger partial charge < -0.3 is 5.11 Å². The van der Waals surface area contributed by atoms with E-state index in [2.05, 4.69) is 10.0 Å². The Bertz CT molecular complexity index is 444. The summed E-state index contributed by atoms with van der Waals surface area (Å²) in [7, 11) is 1.22. The van der Waals surface area contributed by atoms with Gasteiger partial charge in [-0.1, -0.05) is 0 Å². The van der Waals surface area contributed by atoms with Gasteiger partial charge in [-0.15, -0.1) is 4.91 Å². The van der Waals surface area contributed by atoms with Crippen LogP contribution in [0.3, 0.4) is 0 Å². The number of nitrogens with one attached hydrogen (secondary N) is 1. The minimum atomic E-state index is -1.02. The van der Waals surface area contributed by atoms with Crippen molar-refractivity contribution in [1.82, 2.24) is 5.48 Å². The molecule has 84 valence electrons. The van der Waals surface area contributed by atoms with Crippen LogP contribution in [0.4, 0.5) is 0 Å². The smallest absolute Gasteiger partial charge is 0.316 e. The Kier molecular flexibility index (Phi) is 3.67. The average Bonchev–Trinajstić information content (AvgIpc) is 2.29. The summed E-state index contributed by atoms with van der Waals surface area (Å²) in [4.78, 5) is 36.6. The maximum absolute atomic E-state index is 11.3. The predicted molar refractivity (Wildman–Crippen MR) is 52.7 cm³/mol. The van der Waals surface area contributed by atoms with E-state index in [9.17, 15) is 19.6 Å². The Balaban J connectivity index is 3.13. The number of rotatable bonds is 3. The molecule has 1 aromatic rings. The number of phenolic OH excluding ortho intramolecular Hbond substituents is 1. The van der Waals surface area contributed by atoms with Crippen LogP contribution in [0.25, 0.3) is 0 Å². The number of benzene rings is 1. The summed E-state index contributed by atoms with van der Waals surface area (Å²) in [5, 5.41) is 11.6. The van der Waals surface area contributed by atoms with Crippen LogP contribution in [0.15, 0.2) is 23.4 Å². The fraction of sp³-hybridized carbons (Fsp3) is 0.111. The first-order valence-corrected chi connectivity index (χ1v) is 4.14. The fourth-order valence-corrected chi connectivity index (χ4v) is 1.05. The Morgan fingerprint density at radius 2 is 2.12 bits per heavy atom. The Hall–Kier alpha value is -2.28. The number of amides is 2. The second-order valence-corrected chi connectivity index (χ2v) is 2.76. The molecule has 2 N–H and O–H groups in total. The number of carbonyl (C=O) groups is 2. The Morgan fingerprint density at radius 3 is 2.69 bits per heavy atom. The first-order valence-electron chi connectivity index (χ1n) is 4.14. The number of hydrogen-bond acceptors (Lipinski definition) is 5. The second kappa shape index (κ2) is 4.99. The molecule has 0 bridgehead atoms. The van der Waals surface area contributed by atoms with E-state index in [-0.39, 0.29) is 16.9 Å². The van der Waals surface area contributed by atoms with Gasteiger partial charge in [0.2, 0.25) is 0 Å². The van der Waals surface area contributed by atoms with Gasteiger partial charge in [0, 0.05) is 10.7 Å². The highest BCUT2D eigenvalue weighted by molar-refractivity contribution is 6.01. The highest BCUT2D eigenvalue weighted by atomic mass is 16.6. The highest BCUT2D eigenvalue weighted by Crippen LogP contribution is 2.18. The molecule has 0 aliphatic heterocycles. The first-order chi connectivity index (χ1) is 7.60. The van der Waals surface area contributed by atoms with E-state index in [4.69, 9.17) is 0 Å². The third kappa shape index (κ3) is 2.39. The van der Waals surface area contributed by atoms with Crippen molar-refractivity contribution in [3.8, 4) is 5.75 Å². The maximum atomic E-state index is 11.3. The summed E-state index contributed by atoms with van der Waals surface area (Å²) in [5.74, 6) is -2.09. The first kappa shape index (κ1) is 11.8. The van der Waals surface area contributed by atoms with E-state index in [0.29, 0.717) is 0 Å². The van der Waals surface area contributed by atoms with Gasteiger partial charge in [0.05, 0.1) is 12.7 Å². The number of hydroxylamine groups is 1. The molecule has 0 radical (unpaired) electrons. The molecular formula is C9H8N2O5. The van der Waals surface area contributed by atoms with E-state index in [0.717, 1.165) is 12.1 Å². The van der Waals surface area contributed by atoms with Gasteiger partial charge in [-0.2, -0.15) is 0 Å².